The summed E-state index contributed by atoms with van der Waals surface area (Å²) < 4.78 is 0. The van der Waals surface area contributed by atoms with Gasteiger partial charge in [0.05, 0.1) is 0 Å². The lowest BCUT2D eigenvalue weighted by molar-refractivity contribution is 0.280. The first-order valence-corrected chi connectivity index (χ1v) is 6.52. The van der Waals surface area contributed by atoms with E-state index >= 15 is 0 Å². The lowest BCUT2D eigenvalue weighted by Crippen LogP contribution is -2.17. The van der Waals surface area contributed by atoms with Crippen molar-refractivity contribution in [3.05, 3.63) is 29.8 Å². The molecule has 1 saturated heterocycles. The highest BCUT2D eigenvalue weighted by Crippen LogP contribution is 2.23. The first-order chi connectivity index (χ1) is 8.31. The van der Waals surface area contributed by atoms with Crippen molar-refractivity contribution < 1.29 is 5.11 Å². The van der Waals surface area contributed by atoms with Gasteiger partial charge in [0.15, 0.2) is 0 Å². The van der Waals surface area contributed by atoms with Gasteiger partial charge in [-0.05, 0) is 43.4 Å². The zero-order chi connectivity index (χ0) is 12.1. The molecular weight excluding hydrogens is 212 g/mol. The predicted molar refractivity (Wildman–Crippen MR) is 71.1 cm³/mol. The smallest absolute Gasteiger partial charge is 0.0431 e. The summed E-state index contributed by atoms with van der Waals surface area (Å²) in [6.07, 6.45) is 4.23. The summed E-state index contributed by atoms with van der Waals surface area (Å²) in [4.78, 5) is 2.42. The molecule has 0 amide bonds. The molecule has 1 aliphatic heterocycles. The van der Waals surface area contributed by atoms with Gasteiger partial charge in [-0.2, -0.15) is 0 Å². The van der Waals surface area contributed by atoms with Gasteiger partial charge in [0.25, 0.3) is 0 Å². The molecule has 1 fully saturated rings. The number of benzene rings is 1. The van der Waals surface area contributed by atoms with Crippen molar-refractivity contribution in [3.8, 4) is 0 Å². The van der Waals surface area contributed by atoms with Gasteiger partial charge in [0.2, 0.25) is 0 Å². The number of aliphatic hydroxyl groups excluding tert-OH is 1. The Morgan fingerprint density at radius 3 is 2.41 bits per heavy atom. The number of anilines is 1. The quantitative estimate of drug-likeness (QED) is 0.820. The number of nitrogens with two attached hydrogens (primary N) is 1. The fourth-order valence-electron chi connectivity index (χ4n) is 2.39. The van der Waals surface area contributed by atoms with Crippen LogP contribution in [0.4, 0.5) is 5.69 Å². The highest BCUT2D eigenvalue weighted by molar-refractivity contribution is 5.48. The van der Waals surface area contributed by atoms with E-state index in [2.05, 4.69) is 29.2 Å². The number of rotatable bonds is 5. The monoisotopic (exact) mass is 234 g/mol. The number of nitrogens with zero attached hydrogens (tertiary/aromatic N) is 1. The first kappa shape index (κ1) is 12.4. The normalized spacial score (nSPS) is 17.4. The molecule has 0 spiro atoms. The second kappa shape index (κ2) is 6.03. The van der Waals surface area contributed by atoms with Gasteiger partial charge >= 0.3 is 0 Å². The van der Waals surface area contributed by atoms with Crippen molar-refractivity contribution in [2.24, 2.45) is 5.73 Å². The molecule has 1 aromatic carbocycles. The maximum Gasteiger partial charge on any atom is 0.0431 e. The van der Waals surface area contributed by atoms with Gasteiger partial charge in [-0.15, -0.1) is 0 Å². The van der Waals surface area contributed by atoms with E-state index in [-0.39, 0.29) is 12.6 Å². The second-order valence-electron chi connectivity index (χ2n) is 4.76. The number of hydrogen-bond donors (Lipinski definition) is 2. The fraction of sp³-hybridized carbons (Fsp3) is 0.571. The van der Waals surface area contributed by atoms with Crippen LogP contribution in [0.25, 0.3) is 0 Å². The first-order valence-electron chi connectivity index (χ1n) is 6.52. The van der Waals surface area contributed by atoms with Gasteiger partial charge < -0.3 is 15.7 Å². The molecule has 3 heteroatoms. The fourth-order valence-corrected chi connectivity index (χ4v) is 2.39. The Labute approximate surface area is 103 Å². The minimum atomic E-state index is 0.0507. The summed E-state index contributed by atoms with van der Waals surface area (Å²) >= 11 is 0. The minimum absolute atomic E-state index is 0.0507. The van der Waals surface area contributed by atoms with Crippen molar-refractivity contribution in [2.45, 2.75) is 31.7 Å². The Balaban J connectivity index is 1.96. The van der Waals surface area contributed by atoms with E-state index in [1.54, 1.807) is 0 Å². The van der Waals surface area contributed by atoms with Crippen LogP contribution in [0.5, 0.6) is 0 Å². The summed E-state index contributed by atoms with van der Waals surface area (Å²) in [5.41, 5.74) is 8.53. The molecule has 0 unspecified atom stereocenters. The lowest BCUT2D eigenvalue weighted by Gasteiger charge is -2.19. The van der Waals surface area contributed by atoms with Crippen LogP contribution in [-0.2, 0) is 0 Å². The van der Waals surface area contributed by atoms with Crippen LogP contribution in [-0.4, -0.2) is 24.8 Å². The second-order valence-corrected chi connectivity index (χ2v) is 4.76. The average Bonchev–Trinajstić information content (AvgIpc) is 2.90. The van der Waals surface area contributed by atoms with Crippen LogP contribution < -0.4 is 10.6 Å². The van der Waals surface area contributed by atoms with Crippen molar-refractivity contribution in [1.82, 2.24) is 0 Å². The third-order valence-corrected chi connectivity index (χ3v) is 3.47. The van der Waals surface area contributed by atoms with E-state index in [4.69, 9.17) is 10.8 Å². The molecule has 2 rings (SSSR count). The van der Waals surface area contributed by atoms with E-state index in [1.165, 1.54) is 37.2 Å². The Kier molecular flexibility index (Phi) is 4.40. The molecule has 0 aliphatic carbocycles. The highest BCUT2D eigenvalue weighted by atomic mass is 16.2. The van der Waals surface area contributed by atoms with Crippen LogP contribution in [0.15, 0.2) is 24.3 Å². The number of aliphatic hydroxyl groups is 1. The molecule has 0 bridgehead atoms. The molecule has 0 saturated carbocycles. The Morgan fingerprint density at radius 1 is 1.18 bits per heavy atom. The maximum absolute atomic E-state index is 8.79. The summed E-state index contributed by atoms with van der Waals surface area (Å²) in [5.74, 6) is 0. The van der Waals surface area contributed by atoms with Gasteiger partial charge in [-0.25, -0.2) is 0 Å². The molecule has 0 aromatic heterocycles. The van der Waals surface area contributed by atoms with E-state index in [0.717, 1.165) is 12.8 Å². The summed E-state index contributed by atoms with van der Waals surface area (Å²) in [7, 11) is 0. The van der Waals surface area contributed by atoms with E-state index < -0.39 is 0 Å². The molecule has 17 heavy (non-hydrogen) atoms. The van der Waals surface area contributed by atoms with Gasteiger partial charge in [-0.1, -0.05) is 12.1 Å². The SMILES string of the molecule is N[C@H](CCCO)c1ccc(N2CCCC2)cc1. The summed E-state index contributed by atoms with van der Waals surface area (Å²) in [6.45, 7) is 2.57. The van der Waals surface area contributed by atoms with Crippen LogP contribution in [0.1, 0.15) is 37.3 Å². The molecule has 1 aliphatic rings. The lowest BCUT2D eigenvalue weighted by atomic mass is 10.0. The van der Waals surface area contributed by atoms with Gasteiger partial charge in [0.1, 0.15) is 0 Å². The predicted octanol–water partition coefficient (Wildman–Crippen LogP) is 2.06. The van der Waals surface area contributed by atoms with Crippen LogP contribution >= 0.6 is 0 Å². The van der Waals surface area contributed by atoms with Crippen LogP contribution in [0.2, 0.25) is 0 Å². The molecule has 1 atom stereocenters. The molecule has 3 N–H and O–H groups in total. The van der Waals surface area contributed by atoms with E-state index in [1.807, 2.05) is 0 Å². The largest absolute Gasteiger partial charge is 0.396 e. The van der Waals surface area contributed by atoms with Crippen molar-refractivity contribution in [2.75, 3.05) is 24.6 Å². The molecule has 3 nitrogen and oxygen atoms in total. The highest BCUT2D eigenvalue weighted by Gasteiger charge is 2.12. The van der Waals surface area contributed by atoms with Crippen LogP contribution in [0, 0.1) is 0 Å². The standard InChI is InChI=1S/C14H22N2O/c15-14(4-3-11-17)12-5-7-13(8-6-12)16-9-1-2-10-16/h5-8,14,17H,1-4,9-11,15H2/t14-/m1/s1. The third kappa shape index (κ3) is 3.20. The Bertz CT molecular complexity index is 331. The Morgan fingerprint density at radius 2 is 1.82 bits per heavy atom. The van der Waals surface area contributed by atoms with E-state index in [0.29, 0.717) is 0 Å². The van der Waals surface area contributed by atoms with Crippen molar-refractivity contribution in [1.29, 1.82) is 0 Å². The molecule has 0 radical (unpaired) electrons. The maximum atomic E-state index is 8.79. The van der Waals surface area contributed by atoms with Gasteiger partial charge in [-0.3, -0.25) is 0 Å². The zero-order valence-electron chi connectivity index (χ0n) is 10.3. The minimum Gasteiger partial charge on any atom is -0.396 e. The van der Waals surface area contributed by atoms with Crippen molar-refractivity contribution >= 4 is 5.69 Å². The summed E-state index contributed by atoms with van der Waals surface area (Å²) in [5, 5.41) is 8.79. The summed E-state index contributed by atoms with van der Waals surface area (Å²) in [6, 6.07) is 8.62. The molecular formula is C14H22N2O. The molecule has 1 heterocycles. The topological polar surface area (TPSA) is 49.5 Å². The zero-order valence-corrected chi connectivity index (χ0v) is 10.3. The average molecular weight is 234 g/mol. The van der Waals surface area contributed by atoms with Crippen molar-refractivity contribution in [3.63, 3.8) is 0 Å². The number of hydrogen-bond acceptors (Lipinski definition) is 3. The van der Waals surface area contributed by atoms with Crippen LogP contribution in [0.3, 0.4) is 0 Å². The molecule has 94 valence electrons. The van der Waals surface area contributed by atoms with Gasteiger partial charge in [0, 0.05) is 31.4 Å². The third-order valence-electron chi connectivity index (χ3n) is 3.47. The Hall–Kier alpha value is -1.06. The molecule has 1 aromatic rings. The van der Waals surface area contributed by atoms with E-state index in [9.17, 15) is 0 Å².